The van der Waals surface area contributed by atoms with Gasteiger partial charge in [-0.1, -0.05) is 31.2 Å². The quantitative estimate of drug-likeness (QED) is 0.879. The Kier molecular flexibility index (Phi) is 5.36. The van der Waals surface area contributed by atoms with Crippen molar-refractivity contribution in [2.24, 2.45) is 5.73 Å². The minimum absolute atomic E-state index is 0.217. The molecule has 1 amide bonds. The van der Waals surface area contributed by atoms with Gasteiger partial charge in [0.25, 0.3) is 0 Å². The normalized spacial score (nSPS) is 12.9. The fourth-order valence-corrected chi connectivity index (χ4v) is 1.91. The van der Waals surface area contributed by atoms with E-state index in [2.05, 4.69) is 18.3 Å². The van der Waals surface area contributed by atoms with Crippen molar-refractivity contribution in [1.29, 1.82) is 0 Å². The van der Waals surface area contributed by atoms with E-state index in [0.717, 1.165) is 12.0 Å². The van der Waals surface area contributed by atoms with E-state index < -0.39 is 11.7 Å². The van der Waals surface area contributed by atoms with Crippen LogP contribution in [0.25, 0.3) is 0 Å². The number of carbonyl (C=O) groups is 1. The molecule has 4 heteroatoms. The Hall–Kier alpha value is -1.55. The van der Waals surface area contributed by atoms with Crippen molar-refractivity contribution < 1.29 is 9.53 Å². The highest BCUT2D eigenvalue weighted by Gasteiger charge is 2.20. The zero-order valence-corrected chi connectivity index (χ0v) is 12.2. The SMILES string of the molecule is CCc1ccccc1[C@H](CN)NC(=O)OC(C)(C)C. The smallest absolute Gasteiger partial charge is 0.408 e. The summed E-state index contributed by atoms with van der Waals surface area (Å²) in [5.74, 6) is 0. The molecule has 0 saturated heterocycles. The molecule has 0 spiro atoms. The van der Waals surface area contributed by atoms with Crippen molar-refractivity contribution in [3.63, 3.8) is 0 Å². The molecule has 19 heavy (non-hydrogen) atoms. The van der Waals surface area contributed by atoms with Gasteiger partial charge in [0.15, 0.2) is 0 Å². The second kappa shape index (κ2) is 6.57. The number of alkyl carbamates (subject to hydrolysis) is 1. The zero-order chi connectivity index (χ0) is 14.5. The molecular weight excluding hydrogens is 240 g/mol. The molecule has 0 fully saturated rings. The molecule has 0 heterocycles. The van der Waals surface area contributed by atoms with E-state index in [9.17, 15) is 4.79 Å². The van der Waals surface area contributed by atoms with Crippen molar-refractivity contribution in [1.82, 2.24) is 5.32 Å². The lowest BCUT2D eigenvalue weighted by Crippen LogP contribution is -2.38. The van der Waals surface area contributed by atoms with Crippen molar-refractivity contribution in [3.05, 3.63) is 35.4 Å². The van der Waals surface area contributed by atoms with Gasteiger partial charge in [-0.2, -0.15) is 0 Å². The van der Waals surface area contributed by atoms with E-state index in [0.29, 0.717) is 6.54 Å². The first-order valence-electron chi connectivity index (χ1n) is 6.64. The Labute approximate surface area is 115 Å². The van der Waals surface area contributed by atoms with Gasteiger partial charge >= 0.3 is 6.09 Å². The number of nitrogens with one attached hydrogen (secondary N) is 1. The van der Waals surface area contributed by atoms with Gasteiger partial charge in [-0.15, -0.1) is 0 Å². The molecule has 0 aromatic heterocycles. The van der Waals surface area contributed by atoms with Crippen LogP contribution in [0.4, 0.5) is 4.79 Å². The Balaban J connectivity index is 2.81. The van der Waals surface area contributed by atoms with Crippen LogP contribution in [-0.2, 0) is 11.2 Å². The Morgan fingerprint density at radius 1 is 1.37 bits per heavy atom. The highest BCUT2D eigenvalue weighted by molar-refractivity contribution is 5.68. The maximum Gasteiger partial charge on any atom is 0.408 e. The number of carbonyl (C=O) groups excluding carboxylic acids is 1. The van der Waals surface area contributed by atoms with Crippen LogP contribution in [0.1, 0.15) is 44.9 Å². The first kappa shape index (κ1) is 15.5. The van der Waals surface area contributed by atoms with Crippen LogP contribution in [0.15, 0.2) is 24.3 Å². The average molecular weight is 264 g/mol. The summed E-state index contributed by atoms with van der Waals surface area (Å²) in [6, 6.07) is 7.77. The second-order valence-electron chi connectivity index (χ2n) is 5.49. The van der Waals surface area contributed by atoms with Crippen LogP contribution in [-0.4, -0.2) is 18.2 Å². The predicted molar refractivity (Wildman–Crippen MR) is 77.0 cm³/mol. The van der Waals surface area contributed by atoms with Gasteiger partial charge in [0.05, 0.1) is 6.04 Å². The zero-order valence-electron chi connectivity index (χ0n) is 12.2. The van der Waals surface area contributed by atoms with Gasteiger partial charge in [-0.3, -0.25) is 0 Å². The number of ether oxygens (including phenoxy) is 1. The van der Waals surface area contributed by atoms with Crippen LogP contribution >= 0.6 is 0 Å². The molecule has 0 aliphatic heterocycles. The number of hydrogen-bond donors (Lipinski definition) is 2. The molecule has 3 N–H and O–H groups in total. The second-order valence-corrected chi connectivity index (χ2v) is 5.49. The molecule has 106 valence electrons. The Morgan fingerprint density at radius 3 is 2.53 bits per heavy atom. The summed E-state index contributed by atoms with van der Waals surface area (Å²) >= 11 is 0. The monoisotopic (exact) mass is 264 g/mol. The molecule has 1 rings (SSSR count). The molecule has 0 aliphatic carbocycles. The van der Waals surface area contributed by atoms with Crippen LogP contribution < -0.4 is 11.1 Å². The lowest BCUT2D eigenvalue weighted by Gasteiger charge is -2.24. The highest BCUT2D eigenvalue weighted by atomic mass is 16.6. The molecule has 1 atom stereocenters. The number of aryl methyl sites for hydroxylation is 1. The number of hydrogen-bond acceptors (Lipinski definition) is 3. The Morgan fingerprint density at radius 2 is 2.00 bits per heavy atom. The van der Waals surface area contributed by atoms with Gasteiger partial charge in [0.2, 0.25) is 0 Å². The van der Waals surface area contributed by atoms with Crippen molar-refractivity contribution >= 4 is 6.09 Å². The largest absolute Gasteiger partial charge is 0.444 e. The van der Waals surface area contributed by atoms with Gasteiger partial charge in [-0.25, -0.2) is 4.79 Å². The number of amides is 1. The lowest BCUT2D eigenvalue weighted by molar-refractivity contribution is 0.0505. The summed E-state index contributed by atoms with van der Waals surface area (Å²) in [6.07, 6.45) is 0.469. The summed E-state index contributed by atoms with van der Waals surface area (Å²) in [5.41, 5.74) is 7.51. The summed E-state index contributed by atoms with van der Waals surface area (Å²) in [5, 5.41) is 2.83. The number of rotatable bonds is 4. The van der Waals surface area contributed by atoms with E-state index in [1.807, 2.05) is 39.0 Å². The molecule has 0 saturated carbocycles. The molecule has 4 nitrogen and oxygen atoms in total. The topological polar surface area (TPSA) is 64.3 Å². The van der Waals surface area contributed by atoms with E-state index in [4.69, 9.17) is 10.5 Å². The van der Waals surface area contributed by atoms with Crippen LogP contribution in [0.5, 0.6) is 0 Å². The van der Waals surface area contributed by atoms with Gasteiger partial charge < -0.3 is 15.8 Å². The summed E-state index contributed by atoms with van der Waals surface area (Å²) in [7, 11) is 0. The first-order valence-corrected chi connectivity index (χ1v) is 6.64. The third-order valence-corrected chi connectivity index (χ3v) is 2.74. The summed E-state index contributed by atoms with van der Waals surface area (Å²) in [4.78, 5) is 11.8. The number of nitrogens with two attached hydrogens (primary N) is 1. The molecule has 0 radical (unpaired) electrons. The molecule has 0 bridgehead atoms. The third kappa shape index (κ3) is 4.91. The van der Waals surface area contributed by atoms with Crippen molar-refractivity contribution in [2.75, 3.05) is 6.54 Å². The first-order chi connectivity index (χ1) is 8.87. The maximum absolute atomic E-state index is 11.8. The molecule has 0 unspecified atom stereocenters. The van der Waals surface area contributed by atoms with Crippen molar-refractivity contribution in [2.45, 2.75) is 45.8 Å². The minimum Gasteiger partial charge on any atom is -0.444 e. The molecule has 1 aromatic rings. The highest BCUT2D eigenvalue weighted by Crippen LogP contribution is 2.18. The molecule has 1 aromatic carbocycles. The molecule has 0 aliphatic rings. The number of benzene rings is 1. The van der Waals surface area contributed by atoms with E-state index in [-0.39, 0.29) is 6.04 Å². The van der Waals surface area contributed by atoms with Gasteiger partial charge in [0, 0.05) is 6.54 Å². The van der Waals surface area contributed by atoms with Crippen LogP contribution in [0.3, 0.4) is 0 Å². The van der Waals surface area contributed by atoms with E-state index >= 15 is 0 Å². The van der Waals surface area contributed by atoms with Gasteiger partial charge in [-0.05, 0) is 38.3 Å². The molecular formula is C15H24N2O2. The van der Waals surface area contributed by atoms with E-state index in [1.165, 1.54) is 5.56 Å². The Bertz CT molecular complexity index is 424. The van der Waals surface area contributed by atoms with Gasteiger partial charge in [0.1, 0.15) is 5.60 Å². The minimum atomic E-state index is -0.506. The lowest BCUT2D eigenvalue weighted by atomic mass is 9.99. The maximum atomic E-state index is 11.8. The fourth-order valence-electron chi connectivity index (χ4n) is 1.91. The average Bonchev–Trinajstić information content (AvgIpc) is 2.33. The fraction of sp³-hybridized carbons (Fsp3) is 0.533. The van der Waals surface area contributed by atoms with Crippen LogP contribution in [0.2, 0.25) is 0 Å². The predicted octanol–water partition coefficient (Wildman–Crippen LogP) is 2.77. The third-order valence-electron chi connectivity index (χ3n) is 2.74. The summed E-state index contributed by atoms with van der Waals surface area (Å²) < 4.78 is 5.26. The summed E-state index contributed by atoms with van der Waals surface area (Å²) in [6.45, 7) is 7.94. The van der Waals surface area contributed by atoms with E-state index in [1.54, 1.807) is 0 Å². The van der Waals surface area contributed by atoms with Crippen molar-refractivity contribution in [3.8, 4) is 0 Å². The standard InChI is InChI=1S/C15H24N2O2/c1-5-11-8-6-7-9-12(11)13(10-16)17-14(18)19-15(2,3)4/h6-9,13H,5,10,16H2,1-4H3,(H,17,18)/t13-/m0/s1. The van der Waals surface area contributed by atoms with Crippen LogP contribution in [0, 0.1) is 0 Å².